The van der Waals surface area contributed by atoms with Gasteiger partial charge >= 0.3 is 0 Å². The highest BCUT2D eigenvalue weighted by Gasteiger charge is 2.36. The van der Waals surface area contributed by atoms with Gasteiger partial charge in [0, 0.05) is 18.8 Å². The predicted octanol–water partition coefficient (Wildman–Crippen LogP) is 5.71. The third-order valence-electron chi connectivity index (χ3n) is 6.87. The van der Waals surface area contributed by atoms with Crippen molar-refractivity contribution in [1.82, 2.24) is 9.58 Å². The minimum Gasteiger partial charge on any atom is -0.493 e. The average Bonchev–Trinajstić information content (AvgIpc) is 3.00. The summed E-state index contributed by atoms with van der Waals surface area (Å²) < 4.78 is 13.8. The van der Waals surface area contributed by atoms with Crippen LogP contribution in [0.1, 0.15) is 39.6 Å². The van der Waals surface area contributed by atoms with Crippen LogP contribution < -0.4 is 19.9 Å². The summed E-state index contributed by atoms with van der Waals surface area (Å²) in [4.78, 5) is 28.6. The van der Waals surface area contributed by atoms with Crippen LogP contribution in [0.4, 0.5) is 0 Å². The fourth-order valence-electron chi connectivity index (χ4n) is 4.95. The molecule has 208 valence electrons. The van der Waals surface area contributed by atoms with Gasteiger partial charge in [-0.2, -0.15) is 0 Å². The van der Waals surface area contributed by atoms with Gasteiger partial charge in [0.05, 0.1) is 12.6 Å². The zero-order valence-corrected chi connectivity index (χ0v) is 22.9. The van der Waals surface area contributed by atoms with Crippen molar-refractivity contribution in [2.75, 3.05) is 24.8 Å². The number of carbonyl (C=O) groups excluding carboxylic acids is 1. The first kappa shape index (κ1) is 27.5. The van der Waals surface area contributed by atoms with Crippen molar-refractivity contribution >= 4 is 5.91 Å². The number of rotatable bonds is 12. The summed E-state index contributed by atoms with van der Waals surface area (Å²) in [6.07, 6.45) is 5.90. The Morgan fingerprint density at radius 3 is 2.29 bits per heavy atom. The van der Waals surface area contributed by atoms with E-state index in [0.29, 0.717) is 13.2 Å². The lowest BCUT2D eigenvalue weighted by molar-refractivity contribution is 0.0698. The van der Waals surface area contributed by atoms with E-state index in [1.165, 1.54) is 6.07 Å². The normalized spacial score (nSPS) is 13.3. The third kappa shape index (κ3) is 6.09. The highest BCUT2D eigenvalue weighted by molar-refractivity contribution is 5.96. The first-order chi connectivity index (χ1) is 20.1. The van der Waals surface area contributed by atoms with Crippen LogP contribution in [0.25, 0.3) is 0 Å². The number of ether oxygens (including phenoxy) is 2. The Balaban J connectivity index is 1.63. The lowest BCUT2D eigenvalue weighted by Gasteiger charge is -2.44. The lowest BCUT2D eigenvalue weighted by Crippen LogP contribution is -2.55. The van der Waals surface area contributed by atoms with Crippen LogP contribution in [0.3, 0.4) is 0 Å². The van der Waals surface area contributed by atoms with E-state index in [0.717, 1.165) is 28.9 Å². The molecule has 0 fully saturated rings. The molecule has 41 heavy (non-hydrogen) atoms. The van der Waals surface area contributed by atoms with Crippen LogP contribution >= 0.6 is 0 Å². The molecule has 0 spiro atoms. The Morgan fingerprint density at radius 2 is 1.56 bits per heavy atom. The Labute approximate surface area is 240 Å². The molecule has 0 bridgehead atoms. The number of nitrogens with zero attached hydrogens (tertiary/aromatic N) is 3. The Kier molecular flexibility index (Phi) is 8.64. The van der Waals surface area contributed by atoms with E-state index in [9.17, 15) is 9.59 Å². The standard InChI is InChI=1S/C34H33N3O4/c1-3-5-22-40-29-18-12-17-28(23-29)31(27-15-10-7-11-16-27)37-25-35(20-4-2)34(39)32-33(30(38)19-21-36(32)37)41-24-26-13-8-6-9-14-26/h3-4,6-19,21,23,31H,1-2,5,20,22,24-25H2. The van der Waals surface area contributed by atoms with Crippen molar-refractivity contribution < 1.29 is 14.3 Å². The minimum absolute atomic E-state index is 0.0217. The maximum absolute atomic E-state index is 13.8. The number of fused-ring (bicyclic) bond motifs is 1. The number of pyridine rings is 1. The molecule has 2 heterocycles. The molecule has 7 heteroatoms. The molecule has 5 rings (SSSR count). The molecule has 0 radical (unpaired) electrons. The van der Waals surface area contributed by atoms with Crippen molar-refractivity contribution in [1.29, 1.82) is 0 Å². The van der Waals surface area contributed by atoms with Gasteiger partial charge in [-0.1, -0.05) is 84.9 Å². The quantitative estimate of drug-likeness (QED) is 0.168. The summed E-state index contributed by atoms with van der Waals surface area (Å²) in [5, 5.41) is 2.06. The van der Waals surface area contributed by atoms with Gasteiger partial charge in [-0.15, -0.1) is 13.2 Å². The van der Waals surface area contributed by atoms with Gasteiger partial charge in [0.15, 0.2) is 11.4 Å². The van der Waals surface area contributed by atoms with E-state index in [1.807, 2.05) is 78.9 Å². The van der Waals surface area contributed by atoms with Crippen molar-refractivity contribution in [3.63, 3.8) is 0 Å². The number of hydrogen-bond donors (Lipinski definition) is 0. The fraction of sp³-hybridized carbons (Fsp3) is 0.176. The molecule has 0 saturated carbocycles. The molecule has 1 atom stereocenters. The summed E-state index contributed by atoms with van der Waals surface area (Å²) in [7, 11) is 0. The molecular formula is C34H33N3O4. The second-order valence-electron chi connectivity index (χ2n) is 9.69. The van der Waals surface area contributed by atoms with Gasteiger partial charge in [-0.3, -0.25) is 19.3 Å². The predicted molar refractivity (Wildman–Crippen MR) is 161 cm³/mol. The Hall–Kier alpha value is -5.04. The summed E-state index contributed by atoms with van der Waals surface area (Å²) in [5.41, 5.74) is 2.71. The first-order valence-corrected chi connectivity index (χ1v) is 13.6. The highest BCUT2D eigenvalue weighted by atomic mass is 16.5. The fourth-order valence-corrected chi connectivity index (χ4v) is 4.95. The van der Waals surface area contributed by atoms with Crippen LogP contribution in [0.5, 0.6) is 11.5 Å². The largest absolute Gasteiger partial charge is 0.493 e. The second-order valence-corrected chi connectivity index (χ2v) is 9.69. The highest BCUT2D eigenvalue weighted by Crippen LogP contribution is 2.34. The van der Waals surface area contributed by atoms with Crippen LogP contribution in [0, 0.1) is 0 Å². The SMILES string of the molecule is C=CCCOc1cccc(C(c2ccccc2)N2CN(CC=C)C(=O)c3c(OCc4ccccc4)c(=O)ccn32)c1. The topological polar surface area (TPSA) is 64.0 Å². The van der Waals surface area contributed by atoms with Gasteiger partial charge in [0.25, 0.3) is 5.91 Å². The monoisotopic (exact) mass is 547 g/mol. The van der Waals surface area contributed by atoms with E-state index in [1.54, 1.807) is 21.8 Å². The van der Waals surface area contributed by atoms with Crippen LogP contribution in [-0.2, 0) is 6.61 Å². The van der Waals surface area contributed by atoms with E-state index < -0.39 is 0 Å². The molecule has 4 aromatic rings. The Morgan fingerprint density at radius 1 is 0.829 bits per heavy atom. The number of amides is 1. The Bertz CT molecular complexity index is 1570. The smallest absolute Gasteiger partial charge is 0.278 e. The summed E-state index contributed by atoms with van der Waals surface area (Å²) in [5.74, 6) is 0.469. The number of aromatic nitrogens is 1. The second kappa shape index (κ2) is 12.9. The zero-order valence-electron chi connectivity index (χ0n) is 22.9. The van der Waals surface area contributed by atoms with Crippen molar-refractivity contribution in [2.24, 2.45) is 0 Å². The summed E-state index contributed by atoms with van der Waals surface area (Å²) in [6, 6.07) is 28.7. The molecule has 1 unspecified atom stereocenters. The van der Waals surface area contributed by atoms with Gasteiger partial charge in [0.2, 0.25) is 5.43 Å². The van der Waals surface area contributed by atoms with Crippen molar-refractivity contribution in [2.45, 2.75) is 19.1 Å². The molecular weight excluding hydrogens is 514 g/mol. The lowest BCUT2D eigenvalue weighted by atomic mass is 9.97. The maximum Gasteiger partial charge on any atom is 0.278 e. The van der Waals surface area contributed by atoms with E-state index in [4.69, 9.17) is 9.47 Å². The van der Waals surface area contributed by atoms with Gasteiger partial charge in [-0.25, -0.2) is 0 Å². The number of benzene rings is 3. The molecule has 0 aliphatic carbocycles. The number of carbonyl (C=O) groups is 1. The minimum atomic E-state index is -0.352. The summed E-state index contributed by atoms with van der Waals surface area (Å²) >= 11 is 0. The van der Waals surface area contributed by atoms with E-state index in [2.05, 4.69) is 30.3 Å². The molecule has 1 amide bonds. The third-order valence-corrected chi connectivity index (χ3v) is 6.87. The summed E-state index contributed by atoms with van der Waals surface area (Å²) in [6.45, 7) is 8.89. The average molecular weight is 548 g/mol. The number of hydrogen-bond acceptors (Lipinski definition) is 5. The van der Waals surface area contributed by atoms with Gasteiger partial charge in [0.1, 0.15) is 19.0 Å². The molecule has 0 N–H and O–H groups in total. The maximum atomic E-state index is 13.8. The molecule has 1 aliphatic rings. The van der Waals surface area contributed by atoms with Gasteiger partial charge < -0.3 is 14.4 Å². The first-order valence-electron chi connectivity index (χ1n) is 13.6. The molecule has 1 aliphatic heterocycles. The van der Waals surface area contributed by atoms with E-state index >= 15 is 0 Å². The van der Waals surface area contributed by atoms with Crippen LogP contribution in [0.2, 0.25) is 0 Å². The molecule has 3 aromatic carbocycles. The van der Waals surface area contributed by atoms with Gasteiger partial charge in [-0.05, 0) is 35.2 Å². The van der Waals surface area contributed by atoms with Crippen LogP contribution in [-0.4, -0.2) is 35.3 Å². The molecule has 1 aromatic heterocycles. The molecule has 0 saturated heterocycles. The van der Waals surface area contributed by atoms with Crippen molar-refractivity contribution in [3.05, 3.63) is 155 Å². The van der Waals surface area contributed by atoms with Crippen molar-refractivity contribution in [3.8, 4) is 11.5 Å². The van der Waals surface area contributed by atoms with E-state index in [-0.39, 0.29) is 42.1 Å². The molecule has 7 nitrogen and oxygen atoms in total. The van der Waals surface area contributed by atoms with Crippen LogP contribution in [0.15, 0.2) is 127 Å². The zero-order chi connectivity index (χ0) is 28.6.